The van der Waals surface area contributed by atoms with E-state index in [0.717, 1.165) is 55.3 Å². The molecular weight excluding hydrogens is 450 g/mol. The number of benzene rings is 1. The number of carbonyl (C=O) groups is 1. The normalized spacial score (nSPS) is 16.4. The Balaban J connectivity index is 1.36. The minimum Gasteiger partial charge on any atom is -0.338 e. The van der Waals surface area contributed by atoms with Crippen molar-refractivity contribution in [1.29, 1.82) is 0 Å². The van der Waals surface area contributed by atoms with E-state index in [2.05, 4.69) is 47.4 Å². The molecule has 0 bridgehead atoms. The number of aryl methyl sites for hydroxylation is 1. The molecule has 0 unspecified atom stereocenters. The van der Waals surface area contributed by atoms with Crippen molar-refractivity contribution in [3.8, 4) is 0 Å². The smallest absolute Gasteiger partial charge is 0.235 e. The van der Waals surface area contributed by atoms with Crippen molar-refractivity contribution in [3.63, 3.8) is 0 Å². The number of nitrogens with one attached hydrogen (secondary N) is 2. The van der Waals surface area contributed by atoms with Crippen LogP contribution in [0, 0.1) is 12.8 Å². The first-order chi connectivity index (χ1) is 16.5. The standard InChI is InChI=1S/C23H27N9OS/c1-15-9-10-24-20(25-15)27-21-28-22(32-13-11-31(2)12-14-32)30-23(29-21)34-18-7-5-17(6-8-18)26-19(33)16-3-4-16/h5-10,16H,3-4,11-14H2,1-2H3,(H,26,33)(H,24,25,27,28,29,30). The molecule has 2 N–H and O–H groups in total. The van der Waals surface area contributed by atoms with Crippen LogP contribution < -0.4 is 15.5 Å². The van der Waals surface area contributed by atoms with Crippen LogP contribution in [0.5, 0.6) is 0 Å². The Morgan fingerprint density at radius 3 is 2.44 bits per heavy atom. The van der Waals surface area contributed by atoms with Crippen LogP contribution in [0.15, 0.2) is 46.6 Å². The molecule has 0 radical (unpaired) electrons. The second-order valence-corrected chi connectivity index (χ2v) is 9.61. The lowest BCUT2D eigenvalue weighted by atomic mass is 10.3. The predicted octanol–water partition coefficient (Wildman–Crippen LogP) is 2.97. The number of aromatic nitrogens is 5. The quantitative estimate of drug-likeness (QED) is 0.527. The van der Waals surface area contributed by atoms with Gasteiger partial charge in [0, 0.05) is 54.6 Å². The van der Waals surface area contributed by atoms with Crippen LogP contribution in [0.4, 0.5) is 23.5 Å². The number of hydrogen-bond acceptors (Lipinski definition) is 10. The van der Waals surface area contributed by atoms with Crippen molar-refractivity contribution < 1.29 is 4.79 Å². The molecule has 1 aromatic carbocycles. The molecule has 5 rings (SSSR count). The fourth-order valence-electron chi connectivity index (χ4n) is 3.51. The fraction of sp³-hybridized carbons (Fsp3) is 0.391. The van der Waals surface area contributed by atoms with Crippen molar-refractivity contribution in [2.75, 3.05) is 48.8 Å². The van der Waals surface area contributed by atoms with Gasteiger partial charge in [-0.25, -0.2) is 9.97 Å². The van der Waals surface area contributed by atoms with Gasteiger partial charge >= 0.3 is 0 Å². The first-order valence-corrected chi connectivity index (χ1v) is 12.2. The van der Waals surface area contributed by atoms with Crippen molar-refractivity contribution in [1.82, 2.24) is 29.8 Å². The van der Waals surface area contributed by atoms with Crippen molar-refractivity contribution in [2.45, 2.75) is 29.8 Å². The van der Waals surface area contributed by atoms with Gasteiger partial charge in [-0.2, -0.15) is 15.0 Å². The molecule has 11 heteroatoms. The van der Waals surface area contributed by atoms with E-state index in [4.69, 9.17) is 4.98 Å². The SMILES string of the molecule is Cc1ccnc(Nc2nc(Sc3ccc(NC(=O)C4CC4)cc3)nc(N3CCN(C)CC3)n2)n1. The second-order valence-electron chi connectivity index (χ2n) is 8.57. The van der Waals surface area contributed by atoms with Crippen molar-refractivity contribution in [2.24, 2.45) is 5.92 Å². The maximum Gasteiger partial charge on any atom is 0.235 e. The number of piperazine rings is 1. The summed E-state index contributed by atoms with van der Waals surface area (Å²) in [6, 6.07) is 9.58. The molecule has 1 saturated carbocycles. The zero-order valence-corrected chi connectivity index (χ0v) is 20.0. The molecule has 2 fully saturated rings. The summed E-state index contributed by atoms with van der Waals surface area (Å²) >= 11 is 1.45. The Morgan fingerprint density at radius 2 is 1.74 bits per heavy atom. The Bertz CT molecular complexity index is 1160. The van der Waals surface area contributed by atoms with Gasteiger partial charge in [0.05, 0.1) is 0 Å². The molecule has 0 atom stereocenters. The third-order valence-electron chi connectivity index (χ3n) is 5.69. The summed E-state index contributed by atoms with van der Waals surface area (Å²) in [5, 5.41) is 6.67. The second kappa shape index (κ2) is 9.90. The van der Waals surface area contributed by atoms with E-state index in [9.17, 15) is 4.79 Å². The maximum atomic E-state index is 12.0. The Kier molecular flexibility index (Phi) is 6.54. The number of rotatable bonds is 7. The maximum absolute atomic E-state index is 12.0. The molecule has 10 nitrogen and oxygen atoms in total. The van der Waals surface area contributed by atoms with Gasteiger partial charge in [-0.3, -0.25) is 10.1 Å². The van der Waals surface area contributed by atoms with Gasteiger partial charge in [0.15, 0.2) is 5.16 Å². The number of likely N-dealkylation sites (N-methyl/N-ethyl adjacent to an activating group) is 1. The molecule has 2 aromatic heterocycles. The van der Waals surface area contributed by atoms with Gasteiger partial charge in [0.1, 0.15) is 0 Å². The minimum atomic E-state index is 0.101. The molecule has 1 aliphatic heterocycles. The monoisotopic (exact) mass is 477 g/mol. The molecule has 1 saturated heterocycles. The van der Waals surface area contributed by atoms with Crippen LogP contribution in [-0.2, 0) is 4.79 Å². The molecule has 34 heavy (non-hydrogen) atoms. The van der Waals surface area contributed by atoms with Crippen molar-refractivity contribution in [3.05, 3.63) is 42.2 Å². The first-order valence-electron chi connectivity index (χ1n) is 11.4. The van der Waals surface area contributed by atoms with Gasteiger partial charge in [-0.05, 0) is 68.9 Å². The summed E-state index contributed by atoms with van der Waals surface area (Å²) in [4.78, 5) is 40.1. The zero-order chi connectivity index (χ0) is 23.5. The average molecular weight is 478 g/mol. The summed E-state index contributed by atoms with van der Waals surface area (Å²) in [6.07, 6.45) is 3.67. The number of amides is 1. The Morgan fingerprint density at radius 1 is 0.971 bits per heavy atom. The van der Waals surface area contributed by atoms with Gasteiger partial charge in [-0.15, -0.1) is 0 Å². The third-order valence-corrected chi connectivity index (χ3v) is 6.56. The van der Waals surface area contributed by atoms with Gasteiger partial charge < -0.3 is 15.1 Å². The largest absolute Gasteiger partial charge is 0.338 e. The first kappa shape index (κ1) is 22.5. The number of nitrogens with zero attached hydrogens (tertiary/aromatic N) is 7. The van der Waals surface area contributed by atoms with Crippen LogP contribution in [0.1, 0.15) is 18.5 Å². The summed E-state index contributed by atoms with van der Waals surface area (Å²) in [5.41, 5.74) is 1.66. The number of anilines is 4. The average Bonchev–Trinajstić information content (AvgIpc) is 3.66. The molecule has 3 aromatic rings. The highest BCUT2D eigenvalue weighted by molar-refractivity contribution is 7.99. The summed E-state index contributed by atoms with van der Waals surface area (Å²) in [5.74, 6) is 1.76. The van der Waals surface area contributed by atoms with E-state index in [1.54, 1.807) is 6.20 Å². The highest BCUT2D eigenvalue weighted by atomic mass is 32.2. The molecular formula is C23H27N9OS. The highest BCUT2D eigenvalue weighted by Crippen LogP contribution is 2.31. The van der Waals surface area contributed by atoms with Gasteiger partial charge in [0.25, 0.3) is 0 Å². The summed E-state index contributed by atoms with van der Waals surface area (Å²) in [7, 11) is 2.12. The minimum absolute atomic E-state index is 0.101. The predicted molar refractivity (Wildman–Crippen MR) is 132 cm³/mol. The summed E-state index contributed by atoms with van der Waals surface area (Å²) < 4.78 is 0. The third kappa shape index (κ3) is 5.78. The van der Waals surface area contributed by atoms with Crippen LogP contribution in [0.25, 0.3) is 0 Å². The van der Waals surface area contributed by atoms with E-state index in [1.165, 1.54) is 11.8 Å². The van der Waals surface area contributed by atoms with Crippen LogP contribution >= 0.6 is 11.8 Å². The van der Waals surface area contributed by atoms with E-state index in [1.807, 2.05) is 37.3 Å². The van der Waals surface area contributed by atoms with Crippen molar-refractivity contribution >= 4 is 41.2 Å². The van der Waals surface area contributed by atoms with E-state index >= 15 is 0 Å². The fourth-order valence-corrected chi connectivity index (χ4v) is 4.25. The topological polar surface area (TPSA) is 112 Å². The molecule has 3 heterocycles. The molecule has 1 amide bonds. The molecule has 176 valence electrons. The highest BCUT2D eigenvalue weighted by Gasteiger charge is 2.29. The molecule has 1 aliphatic carbocycles. The lowest BCUT2D eigenvalue weighted by Crippen LogP contribution is -2.45. The van der Waals surface area contributed by atoms with Crippen LogP contribution in [0.2, 0.25) is 0 Å². The van der Waals surface area contributed by atoms with E-state index in [0.29, 0.717) is 23.0 Å². The summed E-state index contributed by atoms with van der Waals surface area (Å²) in [6.45, 7) is 5.51. The zero-order valence-electron chi connectivity index (χ0n) is 19.2. The van der Waals surface area contributed by atoms with Crippen LogP contribution in [0.3, 0.4) is 0 Å². The van der Waals surface area contributed by atoms with Crippen LogP contribution in [-0.4, -0.2) is 69.0 Å². The van der Waals surface area contributed by atoms with Gasteiger partial charge in [-0.1, -0.05) is 0 Å². The number of carbonyl (C=O) groups excluding carboxylic acids is 1. The molecule has 0 spiro atoms. The lowest BCUT2D eigenvalue weighted by molar-refractivity contribution is -0.117. The molecule has 2 aliphatic rings. The van der Waals surface area contributed by atoms with E-state index in [-0.39, 0.29) is 11.8 Å². The number of hydrogen-bond donors (Lipinski definition) is 2. The Labute approximate surface area is 202 Å². The lowest BCUT2D eigenvalue weighted by Gasteiger charge is -2.32. The van der Waals surface area contributed by atoms with E-state index < -0.39 is 0 Å². The van der Waals surface area contributed by atoms with Gasteiger partial charge in [0.2, 0.25) is 23.8 Å². The Hall–Kier alpha value is -3.31.